The van der Waals surface area contributed by atoms with E-state index in [2.05, 4.69) is 15.5 Å². The minimum absolute atomic E-state index is 0.404. The van der Waals surface area contributed by atoms with Gasteiger partial charge < -0.3 is 4.74 Å². The zero-order chi connectivity index (χ0) is 16.8. The van der Waals surface area contributed by atoms with Crippen LogP contribution in [-0.4, -0.2) is 11.2 Å². The second-order valence-electron chi connectivity index (χ2n) is 4.84. The van der Waals surface area contributed by atoms with Gasteiger partial charge in [0.2, 0.25) is 0 Å². The van der Waals surface area contributed by atoms with Crippen LogP contribution in [0, 0.1) is 0 Å². The molecule has 120 valence electrons. The molecule has 2 aromatic carbocycles. The number of hydrogen-bond acceptors (Lipinski definition) is 4. The lowest BCUT2D eigenvalue weighted by Crippen LogP contribution is -1.93. The van der Waals surface area contributed by atoms with Gasteiger partial charge in [0, 0.05) is 12.4 Å². The molecule has 4 nitrogen and oxygen atoms in total. The van der Waals surface area contributed by atoms with Crippen molar-refractivity contribution in [1.29, 1.82) is 0 Å². The van der Waals surface area contributed by atoms with Gasteiger partial charge in [-0.25, -0.2) is 0 Å². The van der Waals surface area contributed by atoms with E-state index in [0.717, 1.165) is 17.1 Å². The Bertz CT molecular complexity index is 834. The number of rotatable bonds is 5. The monoisotopic (exact) mass is 357 g/mol. The maximum atomic E-state index is 6.02. The number of halogens is 2. The summed E-state index contributed by atoms with van der Waals surface area (Å²) in [6.07, 6.45) is 4.66. The van der Waals surface area contributed by atoms with Gasteiger partial charge >= 0.3 is 0 Å². The Labute approximate surface area is 149 Å². The third-order valence-corrected chi connectivity index (χ3v) is 3.65. The van der Waals surface area contributed by atoms with E-state index in [0.29, 0.717) is 15.7 Å². The van der Waals surface area contributed by atoms with E-state index in [4.69, 9.17) is 27.9 Å². The highest BCUT2D eigenvalue weighted by Crippen LogP contribution is 2.28. The Hall–Kier alpha value is -2.56. The molecule has 0 radical (unpaired) electrons. The first-order valence-corrected chi connectivity index (χ1v) is 7.89. The van der Waals surface area contributed by atoms with Crippen molar-refractivity contribution in [2.24, 2.45) is 5.10 Å². The van der Waals surface area contributed by atoms with Crippen LogP contribution in [-0.2, 0) is 0 Å². The molecule has 0 saturated carbocycles. The Morgan fingerprint density at radius 3 is 2.38 bits per heavy atom. The minimum Gasteiger partial charge on any atom is -0.457 e. The summed E-state index contributed by atoms with van der Waals surface area (Å²) >= 11 is 12.0. The molecule has 0 unspecified atom stereocenters. The second kappa shape index (κ2) is 7.81. The molecule has 0 aliphatic heterocycles. The SMILES string of the molecule is Clc1cncc(Cl)c1NN=Cc1cccc(Oc2ccccc2)c1. The number of pyridine rings is 1. The molecule has 0 fully saturated rings. The smallest absolute Gasteiger partial charge is 0.128 e. The molecule has 0 bridgehead atoms. The number of para-hydroxylation sites is 1. The van der Waals surface area contributed by atoms with Crippen molar-refractivity contribution >= 4 is 35.1 Å². The lowest BCUT2D eigenvalue weighted by Gasteiger charge is -2.06. The van der Waals surface area contributed by atoms with Crippen LogP contribution >= 0.6 is 23.2 Å². The molecular weight excluding hydrogens is 345 g/mol. The molecule has 6 heteroatoms. The maximum absolute atomic E-state index is 6.02. The van der Waals surface area contributed by atoms with Gasteiger partial charge in [0.05, 0.1) is 21.9 Å². The van der Waals surface area contributed by atoms with Crippen molar-refractivity contribution < 1.29 is 4.74 Å². The molecule has 1 aromatic heterocycles. The van der Waals surface area contributed by atoms with Crippen molar-refractivity contribution in [3.8, 4) is 11.5 Å². The number of hydrazone groups is 1. The highest BCUT2D eigenvalue weighted by atomic mass is 35.5. The van der Waals surface area contributed by atoms with E-state index < -0.39 is 0 Å². The first kappa shape index (κ1) is 16.3. The summed E-state index contributed by atoms with van der Waals surface area (Å²) in [4.78, 5) is 3.89. The molecule has 0 spiro atoms. The quantitative estimate of drug-likeness (QED) is 0.475. The molecule has 0 aliphatic rings. The van der Waals surface area contributed by atoms with Crippen LogP contribution < -0.4 is 10.2 Å². The molecule has 0 aliphatic carbocycles. The van der Waals surface area contributed by atoms with Crippen molar-refractivity contribution in [3.63, 3.8) is 0 Å². The summed E-state index contributed by atoms with van der Waals surface area (Å²) in [6.45, 7) is 0. The summed E-state index contributed by atoms with van der Waals surface area (Å²) in [5.41, 5.74) is 4.21. The van der Waals surface area contributed by atoms with E-state index >= 15 is 0 Å². The van der Waals surface area contributed by atoms with Crippen LogP contribution in [0.3, 0.4) is 0 Å². The van der Waals surface area contributed by atoms with Crippen molar-refractivity contribution in [1.82, 2.24) is 4.98 Å². The Morgan fingerprint density at radius 1 is 0.917 bits per heavy atom. The van der Waals surface area contributed by atoms with Gasteiger partial charge in [-0.2, -0.15) is 5.10 Å². The molecule has 24 heavy (non-hydrogen) atoms. The lowest BCUT2D eigenvalue weighted by molar-refractivity contribution is 0.482. The molecule has 0 saturated heterocycles. The zero-order valence-electron chi connectivity index (χ0n) is 12.5. The van der Waals surface area contributed by atoms with Gasteiger partial charge in [0.1, 0.15) is 11.5 Å². The van der Waals surface area contributed by atoms with E-state index in [-0.39, 0.29) is 0 Å². The lowest BCUT2D eigenvalue weighted by atomic mass is 10.2. The highest BCUT2D eigenvalue weighted by molar-refractivity contribution is 6.38. The maximum Gasteiger partial charge on any atom is 0.128 e. The fourth-order valence-corrected chi connectivity index (χ4v) is 2.42. The summed E-state index contributed by atoms with van der Waals surface area (Å²) in [6, 6.07) is 17.2. The number of hydrogen-bond donors (Lipinski definition) is 1. The normalized spacial score (nSPS) is 10.8. The van der Waals surface area contributed by atoms with Gasteiger partial charge in [-0.3, -0.25) is 10.4 Å². The van der Waals surface area contributed by atoms with Gasteiger partial charge in [-0.05, 0) is 29.8 Å². The summed E-state index contributed by atoms with van der Waals surface area (Å²) in [5.74, 6) is 1.50. The summed E-state index contributed by atoms with van der Waals surface area (Å²) < 4.78 is 5.79. The fraction of sp³-hybridized carbons (Fsp3) is 0. The zero-order valence-corrected chi connectivity index (χ0v) is 14.0. The van der Waals surface area contributed by atoms with E-state index in [9.17, 15) is 0 Å². The van der Waals surface area contributed by atoms with Gasteiger partial charge in [-0.1, -0.05) is 53.5 Å². The number of benzene rings is 2. The van der Waals surface area contributed by atoms with Crippen LogP contribution in [0.15, 0.2) is 72.1 Å². The Morgan fingerprint density at radius 2 is 1.62 bits per heavy atom. The van der Waals surface area contributed by atoms with Crippen LogP contribution in [0.5, 0.6) is 11.5 Å². The predicted molar refractivity (Wildman–Crippen MR) is 98.4 cm³/mol. The average Bonchev–Trinajstić information content (AvgIpc) is 2.59. The molecule has 0 amide bonds. The van der Waals surface area contributed by atoms with Gasteiger partial charge in [-0.15, -0.1) is 0 Å². The van der Waals surface area contributed by atoms with E-state index in [1.165, 1.54) is 12.4 Å². The predicted octanol–water partition coefficient (Wildman–Crippen LogP) is 5.63. The fourth-order valence-electron chi connectivity index (χ4n) is 1.97. The van der Waals surface area contributed by atoms with E-state index in [1.807, 2.05) is 54.6 Å². The van der Waals surface area contributed by atoms with Crippen LogP contribution in [0.4, 0.5) is 5.69 Å². The average molecular weight is 358 g/mol. The first-order valence-electron chi connectivity index (χ1n) is 7.13. The van der Waals surface area contributed by atoms with Crippen molar-refractivity contribution in [3.05, 3.63) is 82.6 Å². The first-order chi connectivity index (χ1) is 11.7. The van der Waals surface area contributed by atoms with Crippen LogP contribution in [0.1, 0.15) is 5.56 Å². The molecule has 3 aromatic rings. The second-order valence-corrected chi connectivity index (χ2v) is 5.65. The highest BCUT2D eigenvalue weighted by Gasteiger charge is 2.04. The number of anilines is 1. The number of nitrogens with one attached hydrogen (secondary N) is 1. The third-order valence-electron chi connectivity index (χ3n) is 3.08. The van der Waals surface area contributed by atoms with Crippen molar-refractivity contribution in [2.75, 3.05) is 5.43 Å². The van der Waals surface area contributed by atoms with Gasteiger partial charge in [0.15, 0.2) is 0 Å². The topological polar surface area (TPSA) is 46.5 Å². The molecule has 1 N–H and O–H groups in total. The standard InChI is InChI=1S/C18H13Cl2N3O/c19-16-11-21-12-17(20)18(16)23-22-10-13-5-4-8-15(9-13)24-14-6-2-1-3-7-14/h1-12H,(H,21,23). The largest absolute Gasteiger partial charge is 0.457 e. The Kier molecular flexibility index (Phi) is 5.31. The molecular formula is C18H13Cl2N3O. The van der Waals surface area contributed by atoms with Crippen LogP contribution in [0.2, 0.25) is 10.0 Å². The molecule has 0 atom stereocenters. The Balaban J connectivity index is 1.70. The summed E-state index contributed by atoms with van der Waals surface area (Å²) in [7, 11) is 0. The molecule has 3 rings (SSSR count). The van der Waals surface area contributed by atoms with Crippen LogP contribution in [0.25, 0.3) is 0 Å². The minimum atomic E-state index is 0.404. The molecule has 1 heterocycles. The number of nitrogens with zero attached hydrogens (tertiary/aromatic N) is 2. The van der Waals surface area contributed by atoms with E-state index in [1.54, 1.807) is 6.21 Å². The van der Waals surface area contributed by atoms with Gasteiger partial charge in [0.25, 0.3) is 0 Å². The summed E-state index contributed by atoms with van der Waals surface area (Å²) in [5, 5.41) is 4.96. The number of aromatic nitrogens is 1. The number of ether oxygens (including phenoxy) is 1. The third kappa shape index (κ3) is 4.25. The van der Waals surface area contributed by atoms with Crippen molar-refractivity contribution in [2.45, 2.75) is 0 Å².